The lowest BCUT2D eigenvalue weighted by atomic mass is 10.1. The molecule has 3 rings (SSSR count). The van der Waals surface area contributed by atoms with E-state index < -0.39 is 18.5 Å². The van der Waals surface area contributed by atoms with Gasteiger partial charge in [-0.3, -0.25) is 4.79 Å². The van der Waals surface area contributed by atoms with Crippen LogP contribution < -0.4 is 10.2 Å². The number of carbonyl (C=O) groups excluding carboxylic acids is 2. The number of rotatable bonds is 6. The number of anilines is 2. The number of amides is 1. The zero-order chi connectivity index (χ0) is 19.1. The molecule has 1 N–H and O–H groups in total. The SMILES string of the molecule is N#CCc1ccc(NC(=O)COC(=O)c2ccc(N3CCCC3)nn2)cc1. The molecule has 138 valence electrons. The summed E-state index contributed by atoms with van der Waals surface area (Å²) in [5, 5.41) is 19.2. The third-order valence-electron chi connectivity index (χ3n) is 4.14. The summed E-state index contributed by atoms with van der Waals surface area (Å²) in [4.78, 5) is 26.0. The summed E-state index contributed by atoms with van der Waals surface area (Å²) in [5.74, 6) is -0.422. The molecule has 0 unspecified atom stereocenters. The van der Waals surface area contributed by atoms with Crippen molar-refractivity contribution in [2.45, 2.75) is 19.3 Å². The maximum absolute atomic E-state index is 12.0. The Morgan fingerprint density at radius 3 is 2.48 bits per heavy atom. The van der Waals surface area contributed by atoms with Crippen LogP contribution in [-0.4, -0.2) is 41.8 Å². The lowest BCUT2D eigenvalue weighted by molar-refractivity contribution is -0.119. The molecule has 1 aliphatic rings. The van der Waals surface area contributed by atoms with E-state index in [1.807, 2.05) is 0 Å². The van der Waals surface area contributed by atoms with E-state index in [2.05, 4.69) is 26.5 Å². The Balaban J connectivity index is 1.48. The summed E-state index contributed by atoms with van der Waals surface area (Å²) in [5.41, 5.74) is 1.48. The van der Waals surface area contributed by atoms with Gasteiger partial charge in [0.2, 0.25) is 0 Å². The van der Waals surface area contributed by atoms with Crippen molar-refractivity contribution in [2.24, 2.45) is 0 Å². The van der Waals surface area contributed by atoms with Crippen LogP contribution in [0.25, 0.3) is 0 Å². The van der Waals surface area contributed by atoms with Crippen LogP contribution in [0.3, 0.4) is 0 Å². The summed E-state index contributed by atoms with van der Waals surface area (Å²) < 4.78 is 4.98. The lowest BCUT2D eigenvalue weighted by Crippen LogP contribution is -2.22. The molecule has 0 bridgehead atoms. The summed E-state index contributed by atoms with van der Waals surface area (Å²) in [6.07, 6.45) is 2.56. The van der Waals surface area contributed by atoms with Gasteiger partial charge in [-0.05, 0) is 42.7 Å². The number of nitrogens with zero attached hydrogens (tertiary/aromatic N) is 4. The minimum atomic E-state index is -0.699. The summed E-state index contributed by atoms with van der Waals surface area (Å²) >= 11 is 0. The number of hydrogen-bond donors (Lipinski definition) is 1. The molecule has 8 heteroatoms. The number of ether oxygens (including phenoxy) is 1. The van der Waals surface area contributed by atoms with Gasteiger partial charge >= 0.3 is 5.97 Å². The van der Waals surface area contributed by atoms with Gasteiger partial charge in [-0.25, -0.2) is 4.79 Å². The molecule has 0 aliphatic carbocycles. The van der Waals surface area contributed by atoms with Crippen LogP contribution in [0.4, 0.5) is 11.5 Å². The second-order valence-electron chi connectivity index (χ2n) is 6.13. The van der Waals surface area contributed by atoms with Crippen LogP contribution in [0.5, 0.6) is 0 Å². The highest BCUT2D eigenvalue weighted by Crippen LogP contribution is 2.16. The number of nitrogens with one attached hydrogen (secondary N) is 1. The fourth-order valence-corrected chi connectivity index (χ4v) is 2.75. The molecule has 1 aromatic carbocycles. The van der Waals surface area contributed by atoms with Crippen LogP contribution in [0.2, 0.25) is 0 Å². The van der Waals surface area contributed by atoms with E-state index in [1.165, 1.54) is 0 Å². The van der Waals surface area contributed by atoms with Crippen molar-refractivity contribution in [3.63, 3.8) is 0 Å². The van der Waals surface area contributed by atoms with Crippen molar-refractivity contribution >= 4 is 23.4 Å². The highest BCUT2D eigenvalue weighted by Gasteiger charge is 2.16. The molecule has 1 aromatic heterocycles. The number of benzene rings is 1. The topological polar surface area (TPSA) is 108 Å². The molecule has 0 spiro atoms. The molecular weight excluding hydrogens is 346 g/mol. The number of esters is 1. The van der Waals surface area contributed by atoms with E-state index >= 15 is 0 Å². The average Bonchev–Trinajstić information content (AvgIpc) is 3.23. The van der Waals surface area contributed by atoms with E-state index in [4.69, 9.17) is 10.00 Å². The van der Waals surface area contributed by atoms with Gasteiger partial charge in [0.25, 0.3) is 5.91 Å². The van der Waals surface area contributed by atoms with Gasteiger partial charge in [0.1, 0.15) is 0 Å². The normalized spacial score (nSPS) is 13.1. The zero-order valence-corrected chi connectivity index (χ0v) is 14.7. The van der Waals surface area contributed by atoms with Crippen LogP contribution in [0.1, 0.15) is 28.9 Å². The maximum atomic E-state index is 12.0. The first-order valence-corrected chi connectivity index (χ1v) is 8.67. The van der Waals surface area contributed by atoms with Crippen LogP contribution >= 0.6 is 0 Å². The molecule has 27 heavy (non-hydrogen) atoms. The smallest absolute Gasteiger partial charge is 0.359 e. The minimum Gasteiger partial charge on any atom is -0.451 e. The molecule has 0 radical (unpaired) electrons. The number of carbonyl (C=O) groups is 2. The van der Waals surface area contributed by atoms with Crippen molar-refractivity contribution < 1.29 is 14.3 Å². The third-order valence-corrected chi connectivity index (χ3v) is 4.14. The Morgan fingerprint density at radius 1 is 1.11 bits per heavy atom. The van der Waals surface area contributed by atoms with Crippen LogP contribution in [0, 0.1) is 11.3 Å². The number of hydrogen-bond acceptors (Lipinski definition) is 7. The Hall–Kier alpha value is -3.47. The second kappa shape index (κ2) is 8.76. The monoisotopic (exact) mass is 365 g/mol. The predicted octanol–water partition coefficient (Wildman–Crippen LogP) is 1.94. The molecule has 1 aliphatic heterocycles. The second-order valence-corrected chi connectivity index (χ2v) is 6.13. The quantitative estimate of drug-likeness (QED) is 0.779. The van der Waals surface area contributed by atoms with Crippen molar-refractivity contribution in [1.29, 1.82) is 5.26 Å². The number of nitriles is 1. The summed E-state index contributed by atoms with van der Waals surface area (Å²) in [7, 11) is 0. The first-order valence-electron chi connectivity index (χ1n) is 8.67. The van der Waals surface area contributed by atoms with E-state index in [9.17, 15) is 9.59 Å². The van der Waals surface area contributed by atoms with Crippen molar-refractivity contribution in [3.05, 3.63) is 47.7 Å². The Morgan fingerprint density at radius 2 is 1.85 bits per heavy atom. The van der Waals surface area contributed by atoms with Gasteiger partial charge in [0, 0.05) is 18.8 Å². The maximum Gasteiger partial charge on any atom is 0.359 e. The van der Waals surface area contributed by atoms with Gasteiger partial charge in [0.05, 0.1) is 12.5 Å². The summed E-state index contributed by atoms with van der Waals surface area (Å²) in [6.45, 7) is 1.46. The Labute approximate surface area is 156 Å². The van der Waals surface area contributed by atoms with Gasteiger partial charge in [-0.1, -0.05) is 12.1 Å². The van der Waals surface area contributed by atoms with Crippen molar-refractivity contribution in [1.82, 2.24) is 10.2 Å². The van der Waals surface area contributed by atoms with E-state index in [-0.39, 0.29) is 5.69 Å². The number of aromatic nitrogens is 2. The zero-order valence-electron chi connectivity index (χ0n) is 14.7. The highest BCUT2D eigenvalue weighted by molar-refractivity contribution is 5.94. The van der Waals surface area contributed by atoms with Gasteiger partial charge in [-0.2, -0.15) is 5.26 Å². The van der Waals surface area contributed by atoms with E-state index in [0.29, 0.717) is 12.1 Å². The predicted molar refractivity (Wildman–Crippen MR) is 98.2 cm³/mol. The lowest BCUT2D eigenvalue weighted by Gasteiger charge is -2.15. The largest absolute Gasteiger partial charge is 0.451 e. The molecule has 8 nitrogen and oxygen atoms in total. The van der Waals surface area contributed by atoms with Crippen molar-refractivity contribution in [3.8, 4) is 6.07 Å². The fourth-order valence-electron chi connectivity index (χ4n) is 2.75. The molecular formula is C19H19N5O3. The average molecular weight is 365 g/mol. The third kappa shape index (κ3) is 5.01. The Bertz CT molecular complexity index is 837. The van der Waals surface area contributed by atoms with Crippen LogP contribution in [0.15, 0.2) is 36.4 Å². The molecule has 1 fully saturated rings. The Kier molecular flexibility index (Phi) is 5.94. The van der Waals surface area contributed by atoms with Crippen molar-refractivity contribution in [2.75, 3.05) is 29.9 Å². The summed E-state index contributed by atoms with van der Waals surface area (Å²) in [6, 6.07) is 12.2. The molecule has 0 atom stereocenters. The van der Waals surface area contributed by atoms with E-state index in [0.717, 1.165) is 37.3 Å². The molecule has 1 amide bonds. The fraction of sp³-hybridized carbons (Fsp3) is 0.316. The highest BCUT2D eigenvalue weighted by atomic mass is 16.5. The minimum absolute atomic E-state index is 0.0617. The molecule has 1 saturated heterocycles. The van der Waals surface area contributed by atoms with Gasteiger partial charge < -0.3 is 15.0 Å². The van der Waals surface area contributed by atoms with Gasteiger partial charge in [0.15, 0.2) is 18.1 Å². The molecule has 2 heterocycles. The van der Waals surface area contributed by atoms with Crippen LogP contribution in [-0.2, 0) is 16.0 Å². The van der Waals surface area contributed by atoms with E-state index in [1.54, 1.807) is 36.4 Å². The first kappa shape index (κ1) is 18.3. The first-order chi connectivity index (χ1) is 13.2. The molecule has 0 saturated carbocycles. The van der Waals surface area contributed by atoms with Gasteiger partial charge in [-0.15, -0.1) is 10.2 Å². The molecule has 2 aromatic rings. The standard InChI is InChI=1S/C19H19N5O3/c20-10-9-14-3-5-15(6-4-14)21-18(25)13-27-19(26)16-7-8-17(23-22-16)24-11-1-2-12-24/h3-8H,1-2,9,11-13H2,(H,21,25).